The van der Waals surface area contributed by atoms with Crippen LogP contribution in [0.25, 0.3) is 0 Å². The quantitative estimate of drug-likeness (QED) is 0.864. The second kappa shape index (κ2) is 4.98. The first-order valence-corrected chi connectivity index (χ1v) is 6.96. The van der Waals surface area contributed by atoms with Gasteiger partial charge in [0.15, 0.2) is 0 Å². The molecule has 3 heteroatoms. The molecule has 2 rings (SSSR count). The van der Waals surface area contributed by atoms with E-state index in [-0.39, 0.29) is 0 Å². The highest BCUT2D eigenvalue weighted by molar-refractivity contribution is 9.11. The smallest absolute Gasteiger partial charge is 0.0305 e. The van der Waals surface area contributed by atoms with Crippen molar-refractivity contribution in [2.45, 2.75) is 38.3 Å². The summed E-state index contributed by atoms with van der Waals surface area (Å²) in [6.07, 6.45) is 4.04. The Bertz CT molecular complexity index is 347. The standard InChI is InChI=1S/C12H15Br2N/c1-8(15-10-3-2-4-10)11-6-5-9(13)7-12(11)14/h5-8,10,15H,2-4H2,1H3. The Morgan fingerprint density at radius 2 is 2.07 bits per heavy atom. The fraction of sp³-hybridized carbons (Fsp3) is 0.500. The molecule has 1 nitrogen and oxygen atoms in total. The Morgan fingerprint density at radius 3 is 2.60 bits per heavy atom. The van der Waals surface area contributed by atoms with Crippen LogP contribution in [-0.2, 0) is 0 Å². The van der Waals surface area contributed by atoms with Gasteiger partial charge in [-0.3, -0.25) is 0 Å². The molecular weight excluding hydrogens is 318 g/mol. The van der Waals surface area contributed by atoms with Crippen molar-refractivity contribution in [2.24, 2.45) is 0 Å². The van der Waals surface area contributed by atoms with E-state index in [1.807, 2.05) is 0 Å². The summed E-state index contributed by atoms with van der Waals surface area (Å²) in [4.78, 5) is 0. The lowest BCUT2D eigenvalue weighted by atomic mass is 9.92. The van der Waals surface area contributed by atoms with Gasteiger partial charge >= 0.3 is 0 Å². The normalized spacial score (nSPS) is 18.6. The molecule has 15 heavy (non-hydrogen) atoms. The molecule has 1 aliphatic carbocycles. The molecule has 82 valence electrons. The minimum Gasteiger partial charge on any atom is -0.307 e. The molecule has 1 aromatic carbocycles. The van der Waals surface area contributed by atoms with Crippen LogP contribution in [0, 0.1) is 0 Å². The predicted octanol–water partition coefficient (Wildman–Crippen LogP) is 4.41. The molecule has 0 bridgehead atoms. The van der Waals surface area contributed by atoms with Gasteiger partial charge < -0.3 is 5.32 Å². The van der Waals surface area contributed by atoms with Crippen LogP contribution >= 0.6 is 31.9 Å². The van der Waals surface area contributed by atoms with Gasteiger partial charge in [-0.05, 0) is 37.5 Å². The number of benzene rings is 1. The zero-order valence-corrected chi connectivity index (χ0v) is 11.9. The van der Waals surface area contributed by atoms with Crippen LogP contribution in [0.4, 0.5) is 0 Å². The zero-order valence-electron chi connectivity index (χ0n) is 8.76. The highest BCUT2D eigenvalue weighted by Crippen LogP contribution is 2.29. The summed E-state index contributed by atoms with van der Waals surface area (Å²) in [6.45, 7) is 2.23. The van der Waals surface area contributed by atoms with Crippen LogP contribution in [0.2, 0.25) is 0 Å². The van der Waals surface area contributed by atoms with Gasteiger partial charge in [0.05, 0.1) is 0 Å². The van der Waals surface area contributed by atoms with Crippen molar-refractivity contribution in [3.63, 3.8) is 0 Å². The third-order valence-electron chi connectivity index (χ3n) is 3.02. The molecule has 0 aromatic heterocycles. The topological polar surface area (TPSA) is 12.0 Å². The molecule has 0 amide bonds. The van der Waals surface area contributed by atoms with Crippen molar-refractivity contribution in [1.29, 1.82) is 0 Å². The largest absolute Gasteiger partial charge is 0.307 e. The Hall–Kier alpha value is 0.140. The maximum atomic E-state index is 3.65. The van der Waals surface area contributed by atoms with Gasteiger partial charge in [0.25, 0.3) is 0 Å². The monoisotopic (exact) mass is 331 g/mol. The first kappa shape index (κ1) is 11.6. The molecule has 1 unspecified atom stereocenters. The fourth-order valence-electron chi connectivity index (χ4n) is 1.87. The van der Waals surface area contributed by atoms with E-state index in [4.69, 9.17) is 0 Å². The second-order valence-corrected chi connectivity index (χ2v) is 5.95. The molecule has 1 aliphatic rings. The van der Waals surface area contributed by atoms with Gasteiger partial charge in [-0.2, -0.15) is 0 Å². The van der Waals surface area contributed by atoms with Crippen LogP contribution in [0.5, 0.6) is 0 Å². The molecule has 1 N–H and O–H groups in total. The summed E-state index contributed by atoms with van der Waals surface area (Å²) in [5.41, 5.74) is 1.34. The number of nitrogens with one attached hydrogen (secondary N) is 1. The van der Waals surface area contributed by atoms with Crippen molar-refractivity contribution in [1.82, 2.24) is 5.32 Å². The molecule has 0 heterocycles. The van der Waals surface area contributed by atoms with E-state index in [9.17, 15) is 0 Å². The Balaban J connectivity index is 2.06. The van der Waals surface area contributed by atoms with E-state index < -0.39 is 0 Å². The first-order valence-electron chi connectivity index (χ1n) is 5.38. The van der Waals surface area contributed by atoms with Crippen LogP contribution in [0.15, 0.2) is 27.1 Å². The molecule has 1 saturated carbocycles. The molecule has 1 fully saturated rings. The average Bonchev–Trinajstić information content (AvgIpc) is 2.11. The third kappa shape index (κ3) is 2.83. The summed E-state index contributed by atoms with van der Waals surface area (Å²) in [7, 11) is 0. The molecule has 0 radical (unpaired) electrons. The van der Waals surface area contributed by atoms with E-state index in [2.05, 4.69) is 62.3 Å². The Morgan fingerprint density at radius 1 is 1.33 bits per heavy atom. The summed E-state index contributed by atoms with van der Waals surface area (Å²) in [5, 5.41) is 3.65. The molecule has 1 atom stereocenters. The van der Waals surface area contributed by atoms with Crippen molar-refractivity contribution in [3.8, 4) is 0 Å². The molecule has 1 aromatic rings. The van der Waals surface area contributed by atoms with Crippen molar-refractivity contribution in [3.05, 3.63) is 32.7 Å². The number of hydrogen-bond acceptors (Lipinski definition) is 1. The molecule has 0 spiro atoms. The van der Waals surface area contributed by atoms with Crippen LogP contribution in [-0.4, -0.2) is 6.04 Å². The minimum atomic E-state index is 0.428. The lowest BCUT2D eigenvalue weighted by molar-refractivity contribution is 0.313. The van der Waals surface area contributed by atoms with Crippen molar-refractivity contribution in [2.75, 3.05) is 0 Å². The maximum absolute atomic E-state index is 3.65. The van der Waals surface area contributed by atoms with Gasteiger partial charge in [-0.25, -0.2) is 0 Å². The highest BCUT2D eigenvalue weighted by Gasteiger charge is 2.20. The predicted molar refractivity (Wildman–Crippen MR) is 71.0 cm³/mol. The number of hydrogen-bond donors (Lipinski definition) is 1. The maximum Gasteiger partial charge on any atom is 0.0305 e. The molecule has 0 saturated heterocycles. The second-order valence-electron chi connectivity index (χ2n) is 4.18. The first-order chi connectivity index (χ1) is 7.16. The van der Waals surface area contributed by atoms with Gasteiger partial charge in [0.1, 0.15) is 0 Å². The Labute approximate surface area is 108 Å². The lowest BCUT2D eigenvalue weighted by Crippen LogP contribution is -2.36. The number of rotatable bonds is 3. The summed E-state index contributed by atoms with van der Waals surface area (Å²) in [6, 6.07) is 7.53. The average molecular weight is 333 g/mol. The minimum absolute atomic E-state index is 0.428. The van der Waals surface area contributed by atoms with Crippen molar-refractivity contribution >= 4 is 31.9 Å². The van der Waals surface area contributed by atoms with Crippen LogP contribution in [0.3, 0.4) is 0 Å². The summed E-state index contributed by atoms with van der Waals surface area (Å²) >= 11 is 7.08. The van der Waals surface area contributed by atoms with Crippen LogP contribution in [0.1, 0.15) is 37.8 Å². The third-order valence-corrected chi connectivity index (χ3v) is 4.20. The molecular formula is C12H15Br2N. The zero-order chi connectivity index (χ0) is 10.8. The van der Waals surface area contributed by atoms with E-state index in [1.165, 1.54) is 29.3 Å². The van der Waals surface area contributed by atoms with Gasteiger partial charge in [-0.1, -0.05) is 44.3 Å². The van der Waals surface area contributed by atoms with Gasteiger partial charge in [-0.15, -0.1) is 0 Å². The fourth-order valence-corrected chi connectivity index (χ4v) is 3.26. The Kier molecular flexibility index (Phi) is 3.86. The number of halogens is 2. The SMILES string of the molecule is CC(NC1CCC1)c1ccc(Br)cc1Br. The highest BCUT2D eigenvalue weighted by atomic mass is 79.9. The molecule has 0 aliphatic heterocycles. The lowest BCUT2D eigenvalue weighted by Gasteiger charge is -2.30. The van der Waals surface area contributed by atoms with E-state index in [1.54, 1.807) is 0 Å². The van der Waals surface area contributed by atoms with E-state index >= 15 is 0 Å². The van der Waals surface area contributed by atoms with Crippen molar-refractivity contribution < 1.29 is 0 Å². The van der Waals surface area contributed by atoms with Gasteiger partial charge in [0, 0.05) is 21.0 Å². The van der Waals surface area contributed by atoms with Crippen LogP contribution < -0.4 is 5.32 Å². The van der Waals surface area contributed by atoms with Gasteiger partial charge in [0.2, 0.25) is 0 Å². The summed E-state index contributed by atoms with van der Waals surface area (Å²) < 4.78 is 2.30. The van der Waals surface area contributed by atoms with E-state index in [0.717, 1.165) is 10.5 Å². The summed E-state index contributed by atoms with van der Waals surface area (Å²) in [5.74, 6) is 0. The van der Waals surface area contributed by atoms with E-state index in [0.29, 0.717) is 6.04 Å².